The molecule has 2 aromatic carbocycles. The average Bonchev–Trinajstić information content (AvgIpc) is 2.67. The molecule has 0 saturated carbocycles. The van der Waals surface area contributed by atoms with Crippen molar-refractivity contribution in [2.24, 2.45) is 0 Å². The monoisotopic (exact) mass is 388 g/mol. The van der Waals surface area contributed by atoms with E-state index < -0.39 is 0 Å². The number of hydrogen-bond acceptors (Lipinski definition) is 5. The molecule has 27 heavy (non-hydrogen) atoms. The van der Waals surface area contributed by atoms with Gasteiger partial charge in [0, 0.05) is 36.7 Å². The Balaban J connectivity index is 1.95. The van der Waals surface area contributed by atoms with E-state index >= 15 is 0 Å². The van der Waals surface area contributed by atoms with Crippen molar-refractivity contribution in [3.8, 4) is 11.5 Å². The molecule has 0 radical (unpaired) electrons. The van der Waals surface area contributed by atoms with E-state index in [1.165, 1.54) is 12.0 Å². The lowest BCUT2D eigenvalue weighted by molar-refractivity contribution is -0.115. The number of amides is 2. The van der Waals surface area contributed by atoms with E-state index in [1.807, 2.05) is 24.3 Å². The molecule has 0 aliphatic carbocycles. The molecule has 0 atom stereocenters. The number of rotatable bonds is 8. The zero-order valence-corrected chi connectivity index (χ0v) is 16.8. The van der Waals surface area contributed by atoms with Gasteiger partial charge < -0.3 is 19.7 Å². The molecule has 6 nitrogen and oxygen atoms in total. The number of ether oxygens (including phenoxy) is 2. The van der Waals surface area contributed by atoms with Crippen LogP contribution in [0.1, 0.15) is 16.8 Å². The van der Waals surface area contributed by atoms with Crippen molar-refractivity contribution in [3.05, 3.63) is 48.0 Å². The molecule has 0 spiro atoms. The molecule has 2 amide bonds. The van der Waals surface area contributed by atoms with Crippen LogP contribution in [0.2, 0.25) is 0 Å². The predicted molar refractivity (Wildman–Crippen MR) is 108 cm³/mol. The highest BCUT2D eigenvalue weighted by Crippen LogP contribution is 2.27. The third-order valence-electron chi connectivity index (χ3n) is 3.78. The van der Waals surface area contributed by atoms with Gasteiger partial charge in [-0.3, -0.25) is 9.59 Å². The van der Waals surface area contributed by atoms with Gasteiger partial charge in [0.05, 0.1) is 19.9 Å². The summed E-state index contributed by atoms with van der Waals surface area (Å²) in [7, 11) is 6.52. The molecule has 0 saturated heterocycles. The molecule has 2 rings (SSSR count). The van der Waals surface area contributed by atoms with Crippen molar-refractivity contribution in [1.82, 2.24) is 4.90 Å². The summed E-state index contributed by atoms with van der Waals surface area (Å²) in [5.74, 6) is 1.68. The summed E-state index contributed by atoms with van der Waals surface area (Å²) in [5, 5.41) is 2.83. The van der Waals surface area contributed by atoms with E-state index in [0.29, 0.717) is 29.2 Å². The SMILES string of the molecule is COc1ccc(SCCC(=O)Nc2cc(C(=O)N(C)C)ccc2OC)cc1. The lowest BCUT2D eigenvalue weighted by atomic mass is 10.1. The smallest absolute Gasteiger partial charge is 0.253 e. The highest BCUT2D eigenvalue weighted by Gasteiger charge is 2.13. The van der Waals surface area contributed by atoms with Crippen molar-refractivity contribution in [2.75, 3.05) is 39.4 Å². The molecule has 0 aliphatic heterocycles. The molecule has 7 heteroatoms. The van der Waals surface area contributed by atoms with E-state index in [0.717, 1.165) is 10.6 Å². The standard InChI is InChI=1S/C20H24N2O4S/c1-22(2)20(24)14-5-10-18(26-4)17(13-14)21-19(23)11-12-27-16-8-6-15(25-3)7-9-16/h5-10,13H,11-12H2,1-4H3,(H,21,23). The second-order valence-corrected chi connectivity index (χ2v) is 7.11. The van der Waals surface area contributed by atoms with Crippen molar-refractivity contribution < 1.29 is 19.1 Å². The van der Waals surface area contributed by atoms with Crippen LogP contribution in [-0.2, 0) is 4.79 Å². The Morgan fingerprint density at radius 1 is 1.04 bits per heavy atom. The molecular weight excluding hydrogens is 364 g/mol. The molecule has 0 aromatic heterocycles. The number of benzene rings is 2. The van der Waals surface area contributed by atoms with E-state index in [4.69, 9.17) is 9.47 Å². The van der Waals surface area contributed by atoms with Crippen LogP contribution in [0.3, 0.4) is 0 Å². The van der Waals surface area contributed by atoms with E-state index in [2.05, 4.69) is 5.32 Å². The Morgan fingerprint density at radius 2 is 1.74 bits per heavy atom. The summed E-state index contributed by atoms with van der Waals surface area (Å²) >= 11 is 1.59. The number of carbonyl (C=O) groups excluding carboxylic acids is 2. The van der Waals surface area contributed by atoms with E-state index in [1.54, 1.807) is 51.2 Å². The van der Waals surface area contributed by atoms with Gasteiger partial charge in [-0.2, -0.15) is 0 Å². The number of thioether (sulfide) groups is 1. The Bertz CT molecular complexity index is 791. The lowest BCUT2D eigenvalue weighted by Crippen LogP contribution is -2.22. The molecule has 0 fully saturated rings. The second-order valence-electron chi connectivity index (χ2n) is 5.94. The first-order chi connectivity index (χ1) is 12.9. The largest absolute Gasteiger partial charge is 0.497 e. The molecule has 1 N–H and O–H groups in total. The average molecular weight is 388 g/mol. The summed E-state index contributed by atoms with van der Waals surface area (Å²) in [6.07, 6.45) is 0.339. The summed E-state index contributed by atoms with van der Waals surface area (Å²) in [5.41, 5.74) is 0.980. The van der Waals surface area contributed by atoms with Crippen LogP contribution in [0.4, 0.5) is 5.69 Å². The molecule has 0 bridgehead atoms. The minimum Gasteiger partial charge on any atom is -0.497 e. The Kier molecular flexibility index (Phi) is 7.55. The zero-order chi connectivity index (χ0) is 19.8. The minimum absolute atomic E-state index is 0.135. The number of nitrogens with one attached hydrogen (secondary N) is 1. The lowest BCUT2D eigenvalue weighted by Gasteiger charge is -2.14. The summed E-state index contributed by atoms with van der Waals surface area (Å²) < 4.78 is 10.4. The summed E-state index contributed by atoms with van der Waals surface area (Å²) in [6.45, 7) is 0. The summed E-state index contributed by atoms with van der Waals surface area (Å²) in [4.78, 5) is 27.0. The van der Waals surface area contributed by atoms with E-state index in [-0.39, 0.29) is 11.8 Å². The van der Waals surface area contributed by atoms with Crippen LogP contribution in [0.15, 0.2) is 47.4 Å². The third kappa shape index (κ3) is 5.92. The van der Waals surface area contributed by atoms with Gasteiger partial charge in [-0.1, -0.05) is 0 Å². The van der Waals surface area contributed by atoms with Crippen molar-refractivity contribution >= 4 is 29.3 Å². The fraction of sp³-hybridized carbons (Fsp3) is 0.300. The van der Waals surface area contributed by atoms with Gasteiger partial charge in [0.15, 0.2) is 0 Å². The molecular formula is C20H24N2O4S. The minimum atomic E-state index is -0.136. The number of carbonyl (C=O) groups is 2. The topological polar surface area (TPSA) is 67.9 Å². The molecule has 2 aromatic rings. The number of anilines is 1. The fourth-order valence-corrected chi connectivity index (χ4v) is 3.19. The van der Waals surface area contributed by atoms with Crippen molar-refractivity contribution in [3.63, 3.8) is 0 Å². The van der Waals surface area contributed by atoms with Crippen LogP contribution in [0.5, 0.6) is 11.5 Å². The summed E-state index contributed by atoms with van der Waals surface area (Å²) in [6, 6.07) is 12.7. The van der Waals surface area contributed by atoms with E-state index in [9.17, 15) is 9.59 Å². The highest BCUT2D eigenvalue weighted by molar-refractivity contribution is 7.99. The van der Waals surface area contributed by atoms with Gasteiger partial charge in [0.25, 0.3) is 5.91 Å². The van der Waals surface area contributed by atoms with Crippen molar-refractivity contribution in [2.45, 2.75) is 11.3 Å². The van der Waals surface area contributed by atoms with Gasteiger partial charge in [-0.15, -0.1) is 11.8 Å². The molecule has 0 heterocycles. The Labute approximate surface area is 163 Å². The van der Waals surface area contributed by atoms with Gasteiger partial charge >= 0.3 is 0 Å². The zero-order valence-electron chi connectivity index (χ0n) is 15.9. The van der Waals surface area contributed by atoms with Crippen LogP contribution < -0.4 is 14.8 Å². The number of hydrogen-bond donors (Lipinski definition) is 1. The van der Waals surface area contributed by atoms with Gasteiger partial charge in [-0.05, 0) is 42.5 Å². The van der Waals surface area contributed by atoms with Crippen LogP contribution >= 0.6 is 11.8 Å². The molecule has 144 valence electrons. The van der Waals surface area contributed by atoms with Gasteiger partial charge in [-0.25, -0.2) is 0 Å². The highest BCUT2D eigenvalue weighted by atomic mass is 32.2. The first kappa shape index (κ1) is 20.6. The maximum absolute atomic E-state index is 12.3. The normalized spacial score (nSPS) is 10.2. The fourth-order valence-electron chi connectivity index (χ4n) is 2.34. The Morgan fingerprint density at radius 3 is 2.33 bits per heavy atom. The second kappa shape index (κ2) is 9.87. The van der Waals surface area contributed by atoms with Crippen LogP contribution in [-0.4, -0.2) is 50.8 Å². The van der Waals surface area contributed by atoms with Gasteiger partial charge in [0.2, 0.25) is 5.91 Å². The maximum atomic E-state index is 12.3. The first-order valence-electron chi connectivity index (χ1n) is 8.41. The Hall–Kier alpha value is -2.67. The quantitative estimate of drug-likeness (QED) is 0.701. The van der Waals surface area contributed by atoms with Crippen LogP contribution in [0, 0.1) is 0 Å². The first-order valence-corrected chi connectivity index (χ1v) is 9.39. The maximum Gasteiger partial charge on any atom is 0.253 e. The van der Waals surface area contributed by atoms with Crippen molar-refractivity contribution in [1.29, 1.82) is 0 Å². The predicted octanol–water partition coefficient (Wildman–Crippen LogP) is 3.53. The number of methoxy groups -OCH3 is 2. The molecule has 0 aliphatic rings. The van der Waals surface area contributed by atoms with Crippen LogP contribution in [0.25, 0.3) is 0 Å². The number of nitrogens with zero attached hydrogens (tertiary/aromatic N) is 1. The molecule has 0 unspecified atom stereocenters. The third-order valence-corrected chi connectivity index (χ3v) is 4.80. The van der Waals surface area contributed by atoms with Gasteiger partial charge in [0.1, 0.15) is 11.5 Å².